The predicted octanol–water partition coefficient (Wildman–Crippen LogP) is 3.46. The number of nitrogens with zero attached hydrogens (tertiary/aromatic N) is 1. The zero-order valence-electron chi connectivity index (χ0n) is 14.2. The van der Waals surface area contributed by atoms with Gasteiger partial charge in [0, 0.05) is 12.2 Å². The molecule has 134 valence electrons. The molecule has 2 aromatic carbocycles. The molecule has 0 aliphatic heterocycles. The molecule has 3 N–H and O–H groups in total. The Labute approximate surface area is 150 Å². The van der Waals surface area contributed by atoms with E-state index in [0.717, 1.165) is 5.56 Å². The number of aliphatic hydroxyl groups excluding tert-OH is 1. The summed E-state index contributed by atoms with van der Waals surface area (Å²) in [4.78, 5) is 12.8. The van der Waals surface area contributed by atoms with Crippen molar-refractivity contribution in [2.45, 2.75) is 18.9 Å². The van der Waals surface area contributed by atoms with E-state index in [0.29, 0.717) is 24.1 Å². The van der Waals surface area contributed by atoms with Gasteiger partial charge in [0.25, 0.3) is 5.91 Å². The number of amides is 1. The van der Waals surface area contributed by atoms with Gasteiger partial charge in [-0.25, -0.2) is 4.39 Å². The van der Waals surface area contributed by atoms with E-state index in [-0.39, 0.29) is 24.1 Å². The first kappa shape index (κ1) is 17.8. The highest BCUT2D eigenvalue weighted by Gasteiger charge is 2.21. The van der Waals surface area contributed by atoms with Crippen LogP contribution in [0.3, 0.4) is 0 Å². The molecule has 0 saturated heterocycles. The SMILES string of the molecule is O=C(NC(CCCO)c1ccccc1)c1cn[nH]c1-c1ccccc1F. The molecule has 0 aliphatic rings. The van der Waals surface area contributed by atoms with E-state index in [4.69, 9.17) is 5.11 Å². The lowest BCUT2D eigenvalue weighted by atomic mass is 10.0. The van der Waals surface area contributed by atoms with Gasteiger partial charge in [-0.15, -0.1) is 0 Å². The number of benzene rings is 2. The first-order valence-electron chi connectivity index (χ1n) is 8.45. The van der Waals surface area contributed by atoms with E-state index in [1.807, 2.05) is 30.3 Å². The molecule has 0 fully saturated rings. The molecule has 3 aromatic rings. The summed E-state index contributed by atoms with van der Waals surface area (Å²) >= 11 is 0. The van der Waals surface area contributed by atoms with Gasteiger partial charge in [-0.05, 0) is 30.5 Å². The van der Waals surface area contributed by atoms with E-state index in [9.17, 15) is 9.18 Å². The maximum Gasteiger partial charge on any atom is 0.255 e. The van der Waals surface area contributed by atoms with Crippen LogP contribution in [0, 0.1) is 5.82 Å². The van der Waals surface area contributed by atoms with Crippen molar-refractivity contribution >= 4 is 5.91 Å². The Morgan fingerprint density at radius 2 is 1.88 bits per heavy atom. The Balaban J connectivity index is 1.85. The van der Waals surface area contributed by atoms with Gasteiger partial charge in [0.15, 0.2) is 0 Å². The number of hydrogen-bond donors (Lipinski definition) is 3. The van der Waals surface area contributed by atoms with Crippen LogP contribution < -0.4 is 5.32 Å². The van der Waals surface area contributed by atoms with E-state index in [1.54, 1.807) is 18.2 Å². The molecule has 0 radical (unpaired) electrons. The minimum Gasteiger partial charge on any atom is -0.396 e. The summed E-state index contributed by atoms with van der Waals surface area (Å²) in [5.41, 5.74) is 1.86. The van der Waals surface area contributed by atoms with Crippen molar-refractivity contribution in [3.8, 4) is 11.3 Å². The fraction of sp³-hybridized carbons (Fsp3) is 0.200. The van der Waals surface area contributed by atoms with Crippen molar-refractivity contribution < 1.29 is 14.3 Å². The van der Waals surface area contributed by atoms with Gasteiger partial charge < -0.3 is 10.4 Å². The van der Waals surface area contributed by atoms with Crippen LogP contribution in [0.2, 0.25) is 0 Å². The molecule has 6 heteroatoms. The fourth-order valence-corrected chi connectivity index (χ4v) is 2.87. The summed E-state index contributed by atoms with van der Waals surface area (Å²) in [5, 5.41) is 18.7. The van der Waals surface area contributed by atoms with E-state index < -0.39 is 5.82 Å². The molecular formula is C20H20FN3O2. The van der Waals surface area contributed by atoms with Crippen LogP contribution in [0.4, 0.5) is 4.39 Å². The van der Waals surface area contributed by atoms with Gasteiger partial charge in [0.1, 0.15) is 5.82 Å². The number of rotatable bonds is 7. The summed E-state index contributed by atoms with van der Waals surface area (Å²) in [6.07, 6.45) is 2.55. The third kappa shape index (κ3) is 3.97. The number of carbonyl (C=O) groups excluding carboxylic acids is 1. The molecule has 1 amide bonds. The highest BCUT2D eigenvalue weighted by atomic mass is 19.1. The number of hydrogen-bond acceptors (Lipinski definition) is 3. The Morgan fingerprint density at radius 1 is 1.15 bits per heavy atom. The zero-order chi connectivity index (χ0) is 18.4. The van der Waals surface area contributed by atoms with E-state index >= 15 is 0 Å². The highest BCUT2D eigenvalue weighted by molar-refractivity contribution is 6.00. The lowest BCUT2D eigenvalue weighted by molar-refractivity contribution is 0.0933. The first-order chi connectivity index (χ1) is 12.7. The van der Waals surface area contributed by atoms with Crippen molar-refractivity contribution in [2.24, 2.45) is 0 Å². The minimum absolute atomic E-state index is 0.0470. The van der Waals surface area contributed by atoms with Crippen LogP contribution in [0.5, 0.6) is 0 Å². The molecule has 1 atom stereocenters. The predicted molar refractivity (Wildman–Crippen MR) is 97.0 cm³/mol. The highest BCUT2D eigenvalue weighted by Crippen LogP contribution is 2.25. The second-order valence-electron chi connectivity index (χ2n) is 5.94. The van der Waals surface area contributed by atoms with Gasteiger partial charge in [-0.3, -0.25) is 9.89 Å². The smallest absolute Gasteiger partial charge is 0.255 e. The number of aliphatic hydroxyl groups is 1. The first-order valence-corrected chi connectivity index (χ1v) is 8.45. The Hall–Kier alpha value is -2.99. The van der Waals surface area contributed by atoms with Gasteiger partial charge in [0.05, 0.1) is 23.5 Å². The average molecular weight is 353 g/mol. The molecule has 1 unspecified atom stereocenters. The number of halogens is 1. The second-order valence-corrected chi connectivity index (χ2v) is 5.94. The second kappa shape index (κ2) is 8.40. The standard InChI is InChI=1S/C20H20FN3O2/c21-17-10-5-4-9-15(17)19-16(13-22-24-19)20(26)23-18(11-6-12-25)14-7-2-1-3-8-14/h1-5,7-10,13,18,25H,6,11-12H2,(H,22,24)(H,23,26). The van der Waals surface area contributed by atoms with Crippen molar-refractivity contribution in [2.75, 3.05) is 6.61 Å². The van der Waals surface area contributed by atoms with Crippen molar-refractivity contribution in [1.82, 2.24) is 15.5 Å². The molecule has 0 aliphatic carbocycles. The van der Waals surface area contributed by atoms with Crippen LogP contribution in [0.1, 0.15) is 34.8 Å². The number of aromatic amines is 1. The molecule has 0 spiro atoms. The van der Waals surface area contributed by atoms with Gasteiger partial charge in [-0.1, -0.05) is 42.5 Å². The quantitative estimate of drug-likeness (QED) is 0.609. The largest absolute Gasteiger partial charge is 0.396 e. The zero-order valence-corrected chi connectivity index (χ0v) is 14.2. The molecule has 0 bridgehead atoms. The monoisotopic (exact) mass is 353 g/mol. The van der Waals surface area contributed by atoms with Crippen LogP contribution in [-0.2, 0) is 0 Å². The summed E-state index contributed by atoms with van der Waals surface area (Å²) in [5.74, 6) is -0.769. The molecule has 3 rings (SSSR count). The third-order valence-corrected chi connectivity index (χ3v) is 4.19. The lowest BCUT2D eigenvalue weighted by Crippen LogP contribution is -2.29. The number of carbonyl (C=O) groups is 1. The molecule has 1 aromatic heterocycles. The minimum atomic E-state index is -0.425. The molecule has 0 saturated carbocycles. The van der Waals surface area contributed by atoms with Gasteiger partial charge in [-0.2, -0.15) is 5.10 Å². The topological polar surface area (TPSA) is 78.0 Å². The fourth-order valence-electron chi connectivity index (χ4n) is 2.87. The molecular weight excluding hydrogens is 333 g/mol. The van der Waals surface area contributed by atoms with E-state index in [1.165, 1.54) is 12.3 Å². The van der Waals surface area contributed by atoms with Crippen molar-refractivity contribution in [3.05, 3.63) is 77.7 Å². The van der Waals surface area contributed by atoms with Crippen LogP contribution >= 0.6 is 0 Å². The van der Waals surface area contributed by atoms with Crippen LogP contribution in [-0.4, -0.2) is 27.8 Å². The Morgan fingerprint density at radius 3 is 2.62 bits per heavy atom. The maximum atomic E-state index is 14.1. The van der Waals surface area contributed by atoms with E-state index in [2.05, 4.69) is 15.5 Å². The lowest BCUT2D eigenvalue weighted by Gasteiger charge is -2.19. The van der Waals surface area contributed by atoms with Crippen molar-refractivity contribution in [1.29, 1.82) is 0 Å². The third-order valence-electron chi connectivity index (χ3n) is 4.19. The normalized spacial score (nSPS) is 11.9. The molecule has 26 heavy (non-hydrogen) atoms. The Kier molecular flexibility index (Phi) is 5.76. The molecule has 5 nitrogen and oxygen atoms in total. The number of nitrogens with one attached hydrogen (secondary N) is 2. The summed E-state index contributed by atoms with van der Waals surface area (Å²) in [7, 11) is 0. The molecule has 1 heterocycles. The van der Waals surface area contributed by atoms with Crippen LogP contribution in [0.15, 0.2) is 60.8 Å². The van der Waals surface area contributed by atoms with Gasteiger partial charge >= 0.3 is 0 Å². The summed E-state index contributed by atoms with van der Waals surface area (Å²) < 4.78 is 14.1. The maximum absolute atomic E-state index is 14.1. The van der Waals surface area contributed by atoms with Gasteiger partial charge in [0.2, 0.25) is 0 Å². The number of H-pyrrole nitrogens is 1. The van der Waals surface area contributed by atoms with Crippen LogP contribution in [0.25, 0.3) is 11.3 Å². The summed E-state index contributed by atoms with van der Waals surface area (Å²) in [6.45, 7) is 0.0470. The number of aromatic nitrogens is 2. The Bertz CT molecular complexity index is 864. The summed E-state index contributed by atoms with van der Waals surface area (Å²) in [6, 6.07) is 15.5. The van der Waals surface area contributed by atoms with Crippen molar-refractivity contribution in [3.63, 3.8) is 0 Å². The average Bonchev–Trinajstić information content (AvgIpc) is 3.15.